The standard InChI is InChI=1S/C12H20O4.Ti/c1-5-7-12(9(3)13,10(4)14)11(15)16-8-6-2;/h5-8H2,1-4H3;. The van der Waals surface area contributed by atoms with E-state index in [1.54, 1.807) is 0 Å². The minimum Gasteiger partial charge on any atom is -0.465 e. The van der Waals surface area contributed by atoms with Crippen LogP contribution in [0, 0.1) is 5.41 Å². The number of esters is 1. The van der Waals surface area contributed by atoms with Gasteiger partial charge in [0.1, 0.15) is 0 Å². The molecule has 0 aromatic carbocycles. The zero-order valence-corrected chi connectivity index (χ0v) is 12.5. The molecule has 0 rings (SSSR count). The largest absolute Gasteiger partial charge is 0.465 e. The summed E-state index contributed by atoms with van der Waals surface area (Å²) in [4.78, 5) is 35.0. The molecule has 0 bridgehead atoms. The van der Waals surface area contributed by atoms with Gasteiger partial charge in [-0.15, -0.1) is 0 Å². The molecule has 0 spiro atoms. The zero-order valence-electron chi connectivity index (χ0n) is 11.0. The number of ketones is 2. The summed E-state index contributed by atoms with van der Waals surface area (Å²) in [7, 11) is 0. The van der Waals surface area contributed by atoms with Crippen molar-refractivity contribution in [2.24, 2.45) is 5.41 Å². The molecule has 96 valence electrons. The van der Waals surface area contributed by atoms with Crippen LogP contribution in [0.2, 0.25) is 0 Å². The second-order valence-corrected chi connectivity index (χ2v) is 3.90. The van der Waals surface area contributed by atoms with Crippen LogP contribution in [-0.2, 0) is 40.8 Å². The Hall–Kier alpha value is -0.476. The van der Waals surface area contributed by atoms with Crippen molar-refractivity contribution in [2.45, 2.75) is 47.0 Å². The van der Waals surface area contributed by atoms with Gasteiger partial charge in [-0.25, -0.2) is 0 Å². The minimum absolute atomic E-state index is 0. The van der Waals surface area contributed by atoms with Crippen LogP contribution in [0.4, 0.5) is 0 Å². The maximum Gasteiger partial charge on any atom is 0.327 e. The SMILES string of the molecule is CCCOC(=O)C(CCC)(C(C)=O)C(C)=O.[Ti]. The van der Waals surface area contributed by atoms with Crippen LogP contribution in [-0.4, -0.2) is 24.1 Å². The Balaban J connectivity index is 0. The fraction of sp³-hybridized carbons (Fsp3) is 0.750. The van der Waals surface area contributed by atoms with Gasteiger partial charge in [0.25, 0.3) is 0 Å². The van der Waals surface area contributed by atoms with E-state index in [-0.39, 0.29) is 34.7 Å². The first kappa shape index (κ1) is 18.9. The number of carbonyl (C=O) groups is 3. The Bertz CT molecular complexity index is 272. The molecule has 0 unspecified atom stereocenters. The van der Waals surface area contributed by atoms with Gasteiger partial charge in [-0.3, -0.25) is 14.4 Å². The van der Waals surface area contributed by atoms with Crippen molar-refractivity contribution in [3.8, 4) is 0 Å². The predicted molar refractivity (Wildman–Crippen MR) is 60.0 cm³/mol. The van der Waals surface area contributed by atoms with Crippen molar-refractivity contribution in [3.05, 3.63) is 0 Å². The smallest absolute Gasteiger partial charge is 0.327 e. The van der Waals surface area contributed by atoms with Crippen molar-refractivity contribution >= 4 is 17.5 Å². The van der Waals surface area contributed by atoms with Crippen molar-refractivity contribution in [3.63, 3.8) is 0 Å². The molecule has 0 aliphatic carbocycles. The fourth-order valence-corrected chi connectivity index (χ4v) is 1.68. The quantitative estimate of drug-likeness (QED) is 0.405. The molecule has 17 heavy (non-hydrogen) atoms. The van der Waals surface area contributed by atoms with Crippen molar-refractivity contribution in [1.82, 2.24) is 0 Å². The summed E-state index contributed by atoms with van der Waals surface area (Å²) in [5, 5.41) is 0. The Labute approximate surface area is 117 Å². The second-order valence-electron chi connectivity index (χ2n) is 3.90. The van der Waals surface area contributed by atoms with Gasteiger partial charge in [0.05, 0.1) is 6.61 Å². The van der Waals surface area contributed by atoms with E-state index in [1.165, 1.54) is 13.8 Å². The van der Waals surface area contributed by atoms with Gasteiger partial charge < -0.3 is 4.74 Å². The monoisotopic (exact) mass is 276 g/mol. The van der Waals surface area contributed by atoms with E-state index < -0.39 is 23.0 Å². The molecule has 0 aliphatic heterocycles. The third-order valence-electron chi connectivity index (χ3n) is 2.61. The van der Waals surface area contributed by atoms with E-state index in [1.807, 2.05) is 13.8 Å². The van der Waals surface area contributed by atoms with Gasteiger partial charge in [-0.1, -0.05) is 20.3 Å². The molecule has 0 heterocycles. The summed E-state index contributed by atoms with van der Waals surface area (Å²) in [5.74, 6) is -1.55. The predicted octanol–water partition coefficient (Wildman–Crippen LogP) is 1.90. The van der Waals surface area contributed by atoms with E-state index in [9.17, 15) is 14.4 Å². The number of carbonyl (C=O) groups excluding carboxylic acids is 3. The van der Waals surface area contributed by atoms with Gasteiger partial charge in [0.2, 0.25) is 0 Å². The zero-order chi connectivity index (χ0) is 12.8. The van der Waals surface area contributed by atoms with E-state index in [0.717, 1.165) is 0 Å². The number of ether oxygens (including phenoxy) is 1. The van der Waals surface area contributed by atoms with E-state index in [0.29, 0.717) is 12.8 Å². The molecule has 0 aromatic rings. The third kappa shape index (κ3) is 4.36. The summed E-state index contributed by atoms with van der Waals surface area (Å²) in [6, 6.07) is 0. The normalized spacial score (nSPS) is 10.4. The third-order valence-corrected chi connectivity index (χ3v) is 2.61. The number of hydrogen-bond donors (Lipinski definition) is 0. The second kappa shape index (κ2) is 8.59. The Morgan fingerprint density at radius 2 is 1.47 bits per heavy atom. The van der Waals surface area contributed by atoms with Crippen molar-refractivity contribution < 1.29 is 40.8 Å². The first-order valence-electron chi connectivity index (χ1n) is 5.62. The molecule has 0 aromatic heterocycles. The average molecular weight is 276 g/mol. The van der Waals surface area contributed by atoms with Gasteiger partial charge in [0, 0.05) is 21.7 Å². The Morgan fingerprint density at radius 1 is 1.00 bits per heavy atom. The molecular formula is C12H20O4Ti. The summed E-state index contributed by atoms with van der Waals surface area (Å²) in [6.45, 7) is 6.46. The first-order valence-corrected chi connectivity index (χ1v) is 5.62. The van der Waals surface area contributed by atoms with E-state index >= 15 is 0 Å². The molecule has 0 saturated carbocycles. The summed E-state index contributed by atoms with van der Waals surface area (Å²) in [5.41, 5.74) is -1.58. The van der Waals surface area contributed by atoms with E-state index in [2.05, 4.69) is 0 Å². The van der Waals surface area contributed by atoms with Crippen LogP contribution in [0.25, 0.3) is 0 Å². The molecule has 0 atom stereocenters. The van der Waals surface area contributed by atoms with Crippen LogP contribution in [0.15, 0.2) is 0 Å². The van der Waals surface area contributed by atoms with Crippen LogP contribution >= 0.6 is 0 Å². The van der Waals surface area contributed by atoms with Gasteiger partial charge >= 0.3 is 5.97 Å². The average Bonchev–Trinajstić information content (AvgIpc) is 2.21. The summed E-state index contributed by atoms with van der Waals surface area (Å²) < 4.78 is 4.95. The minimum atomic E-state index is -1.58. The van der Waals surface area contributed by atoms with E-state index in [4.69, 9.17) is 4.74 Å². The van der Waals surface area contributed by atoms with Crippen LogP contribution in [0.1, 0.15) is 47.0 Å². The van der Waals surface area contributed by atoms with Crippen LogP contribution < -0.4 is 0 Å². The van der Waals surface area contributed by atoms with Crippen LogP contribution in [0.5, 0.6) is 0 Å². The number of Topliss-reactive ketones (excluding diaryl/α,β-unsaturated/α-hetero) is 2. The molecule has 0 fully saturated rings. The molecule has 0 radical (unpaired) electrons. The topological polar surface area (TPSA) is 60.4 Å². The molecule has 0 aliphatic rings. The Morgan fingerprint density at radius 3 is 1.76 bits per heavy atom. The number of rotatable bonds is 7. The van der Waals surface area contributed by atoms with Crippen molar-refractivity contribution in [2.75, 3.05) is 6.61 Å². The molecule has 0 saturated heterocycles. The maximum absolute atomic E-state index is 11.8. The molecule has 4 nitrogen and oxygen atoms in total. The number of hydrogen-bond acceptors (Lipinski definition) is 4. The van der Waals surface area contributed by atoms with Crippen LogP contribution in [0.3, 0.4) is 0 Å². The van der Waals surface area contributed by atoms with Gasteiger partial charge in [-0.2, -0.15) is 0 Å². The fourth-order valence-electron chi connectivity index (χ4n) is 1.68. The Kier molecular flexibility index (Phi) is 9.54. The first-order chi connectivity index (χ1) is 7.43. The van der Waals surface area contributed by atoms with Gasteiger partial charge in [-0.05, 0) is 26.7 Å². The molecule has 5 heteroatoms. The maximum atomic E-state index is 11.8. The van der Waals surface area contributed by atoms with Gasteiger partial charge in [0.15, 0.2) is 17.0 Å². The summed E-state index contributed by atoms with van der Waals surface area (Å²) >= 11 is 0. The van der Waals surface area contributed by atoms with Crippen molar-refractivity contribution in [1.29, 1.82) is 0 Å². The molecule has 0 amide bonds. The summed E-state index contributed by atoms with van der Waals surface area (Å²) in [6.07, 6.45) is 1.48. The molecular weight excluding hydrogens is 256 g/mol. The molecule has 0 N–H and O–H groups in total.